The van der Waals surface area contributed by atoms with E-state index in [1.165, 1.54) is 0 Å². The predicted octanol–water partition coefficient (Wildman–Crippen LogP) is 3.34. The fourth-order valence-corrected chi connectivity index (χ4v) is 1.24. The summed E-state index contributed by atoms with van der Waals surface area (Å²) in [5, 5.41) is 4.05. The lowest BCUT2D eigenvalue weighted by Gasteiger charge is -2.07. The van der Waals surface area contributed by atoms with Gasteiger partial charge in [-0.3, -0.25) is 0 Å². The number of halogens is 1. The average Bonchev–Trinajstić information content (AvgIpc) is 2.15. The maximum Gasteiger partial charge on any atom is 0.122 e. The van der Waals surface area contributed by atoms with Gasteiger partial charge in [0.15, 0.2) is 0 Å². The molecule has 0 aliphatic heterocycles. The molecular formula is C9H10ClN3O. The zero-order chi connectivity index (χ0) is 10.4. The number of benzene rings is 1. The normalized spacial score (nSPS) is 9.29. The van der Waals surface area contributed by atoms with E-state index in [-0.39, 0.29) is 0 Å². The van der Waals surface area contributed by atoms with Crippen LogP contribution in [0.3, 0.4) is 0 Å². The van der Waals surface area contributed by atoms with E-state index in [4.69, 9.17) is 21.9 Å². The Kier molecular flexibility index (Phi) is 4.11. The molecule has 0 saturated carbocycles. The van der Waals surface area contributed by atoms with Crippen LogP contribution < -0.4 is 4.74 Å². The number of hydrogen-bond donors (Lipinski definition) is 0. The first-order valence-electron chi connectivity index (χ1n) is 4.14. The molecule has 74 valence electrons. The molecule has 0 aliphatic rings. The second-order valence-corrected chi connectivity index (χ2v) is 3.15. The quantitative estimate of drug-likeness (QED) is 0.326. The Morgan fingerprint density at radius 2 is 2.36 bits per heavy atom. The van der Waals surface area contributed by atoms with E-state index in [1.807, 2.05) is 13.0 Å². The molecule has 0 atom stereocenters. The summed E-state index contributed by atoms with van der Waals surface area (Å²) in [6.45, 7) is 2.62. The Bertz CT molecular complexity index is 361. The number of aryl methyl sites for hydroxylation is 1. The Balaban J connectivity index is 2.54. The van der Waals surface area contributed by atoms with E-state index in [9.17, 15) is 0 Å². The first kappa shape index (κ1) is 10.7. The van der Waals surface area contributed by atoms with Gasteiger partial charge in [-0.25, -0.2) is 0 Å². The molecule has 0 amide bonds. The van der Waals surface area contributed by atoms with Crippen molar-refractivity contribution in [3.8, 4) is 5.75 Å². The Hall–Kier alpha value is -1.38. The van der Waals surface area contributed by atoms with Gasteiger partial charge in [0.1, 0.15) is 5.75 Å². The van der Waals surface area contributed by atoms with Crippen molar-refractivity contribution in [2.45, 2.75) is 6.92 Å². The molecule has 0 bridgehead atoms. The van der Waals surface area contributed by atoms with E-state index in [0.29, 0.717) is 18.2 Å². The van der Waals surface area contributed by atoms with Crippen LogP contribution in [0.1, 0.15) is 5.56 Å². The molecule has 0 saturated heterocycles. The van der Waals surface area contributed by atoms with Crippen LogP contribution in [-0.2, 0) is 0 Å². The van der Waals surface area contributed by atoms with Crippen LogP contribution in [0.25, 0.3) is 10.4 Å². The predicted molar refractivity (Wildman–Crippen MR) is 55.7 cm³/mol. The molecule has 0 aromatic heterocycles. The smallest absolute Gasteiger partial charge is 0.122 e. The first-order valence-corrected chi connectivity index (χ1v) is 4.51. The summed E-state index contributed by atoms with van der Waals surface area (Å²) in [7, 11) is 0. The van der Waals surface area contributed by atoms with Gasteiger partial charge in [-0.05, 0) is 36.2 Å². The largest absolute Gasteiger partial charge is 0.493 e. The van der Waals surface area contributed by atoms with Crippen LogP contribution >= 0.6 is 11.6 Å². The number of nitrogens with zero attached hydrogens (tertiary/aromatic N) is 3. The van der Waals surface area contributed by atoms with Gasteiger partial charge in [-0.15, -0.1) is 0 Å². The van der Waals surface area contributed by atoms with E-state index in [1.54, 1.807) is 12.1 Å². The zero-order valence-electron chi connectivity index (χ0n) is 7.77. The molecule has 0 fully saturated rings. The Morgan fingerprint density at radius 3 is 3.00 bits per heavy atom. The third-order valence-electron chi connectivity index (χ3n) is 1.65. The van der Waals surface area contributed by atoms with Crippen LogP contribution in [0, 0.1) is 6.92 Å². The van der Waals surface area contributed by atoms with Crippen LogP contribution in [0.15, 0.2) is 23.3 Å². The van der Waals surface area contributed by atoms with Crippen LogP contribution in [0.4, 0.5) is 0 Å². The fourth-order valence-electron chi connectivity index (χ4n) is 1.02. The lowest BCUT2D eigenvalue weighted by Crippen LogP contribution is -2.01. The van der Waals surface area contributed by atoms with Gasteiger partial charge >= 0.3 is 0 Å². The SMILES string of the molecule is Cc1cc(Cl)ccc1OCCN=[N+]=[N-]. The van der Waals surface area contributed by atoms with Crippen molar-refractivity contribution in [2.24, 2.45) is 5.11 Å². The molecule has 14 heavy (non-hydrogen) atoms. The van der Waals surface area contributed by atoms with Crippen molar-refractivity contribution < 1.29 is 4.74 Å². The summed E-state index contributed by atoms with van der Waals surface area (Å²) in [4.78, 5) is 2.63. The maximum absolute atomic E-state index is 8.04. The van der Waals surface area contributed by atoms with Gasteiger partial charge in [0.25, 0.3) is 0 Å². The number of azide groups is 1. The second-order valence-electron chi connectivity index (χ2n) is 2.71. The molecule has 0 aliphatic carbocycles. The van der Waals surface area contributed by atoms with Crippen LogP contribution in [0.2, 0.25) is 5.02 Å². The molecule has 0 unspecified atom stereocenters. The summed E-state index contributed by atoms with van der Waals surface area (Å²) in [6, 6.07) is 5.38. The third-order valence-corrected chi connectivity index (χ3v) is 1.88. The highest BCUT2D eigenvalue weighted by atomic mass is 35.5. The van der Waals surface area contributed by atoms with E-state index in [2.05, 4.69) is 10.0 Å². The topological polar surface area (TPSA) is 58.0 Å². The van der Waals surface area contributed by atoms with Gasteiger partial charge < -0.3 is 4.74 Å². The molecule has 0 radical (unpaired) electrons. The highest BCUT2D eigenvalue weighted by Gasteiger charge is 1.98. The standard InChI is InChI=1S/C9H10ClN3O/c1-7-6-8(10)2-3-9(7)14-5-4-12-13-11/h2-3,6H,4-5H2,1H3. The van der Waals surface area contributed by atoms with Gasteiger partial charge in [-0.2, -0.15) is 0 Å². The Labute approximate surface area is 87.1 Å². The number of ether oxygens (including phenoxy) is 1. The van der Waals surface area contributed by atoms with E-state index < -0.39 is 0 Å². The van der Waals surface area contributed by atoms with Crippen molar-refractivity contribution in [3.05, 3.63) is 39.2 Å². The van der Waals surface area contributed by atoms with Crippen molar-refractivity contribution in [2.75, 3.05) is 13.2 Å². The van der Waals surface area contributed by atoms with Crippen molar-refractivity contribution in [1.82, 2.24) is 0 Å². The Morgan fingerprint density at radius 1 is 1.57 bits per heavy atom. The molecule has 0 heterocycles. The average molecular weight is 212 g/mol. The maximum atomic E-state index is 8.04. The lowest BCUT2D eigenvalue weighted by atomic mass is 10.2. The lowest BCUT2D eigenvalue weighted by molar-refractivity contribution is 0.326. The molecular weight excluding hydrogens is 202 g/mol. The fraction of sp³-hybridized carbons (Fsp3) is 0.333. The van der Waals surface area contributed by atoms with Crippen LogP contribution in [-0.4, -0.2) is 13.2 Å². The summed E-state index contributed by atoms with van der Waals surface area (Å²) < 4.78 is 5.37. The summed E-state index contributed by atoms with van der Waals surface area (Å²) in [5.41, 5.74) is 9.01. The van der Waals surface area contributed by atoms with Gasteiger partial charge in [-0.1, -0.05) is 16.7 Å². The summed E-state index contributed by atoms with van der Waals surface area (Å²) >= 11 is 5.78. The molecule has 5 heteroatoms. The van der Waals surface area contributed by atoms with Crippen molar-refractivity contribution in [3.63, 3.8) is 0 Å². The molecule has 4 nitrogen and oxygen atoms in total. The highest BCUT2D eigenvalue weighted by Crippen LogP contribution is 2.21. The van der Waals surface area contributed by atoms with Gasteiger partial charge in [0.2, 0.25) is 0 Å². The summed E-state index contributed by atoms with van der Waals surface area (Å²) in [6.07, 6.45) is 0. The molecule has 1 rings (SSSR count). The minimum Gasteiger partial charge on any atom is -0.493 e. The van der Waals surface area contributed by atoms with E-state index >= 15 is 0 Å². The summed E-state index contributed by atoms with van der Waals surface area (Å²) in [5.74, 6) is 0.766. The first-order chi connectivity index (χ1) is 6.74. The van der Waals surface area contributed by atoms with Crippen molar-refractivity contribution >= 4 is 11.6 Å². The molecule has 1 aromatic carbocycles. The van der Waals surface area contributed by atoms with Crippen LogP contribution in [0.5, 0.6) is 5.75 Å². The minimum atomic E-state index is 0.332. The third kappa shape index (κ3) is 3.17. The van der Waals surface area contributed by atoms with E-state index in [0.717, 1.165) is 11.3 Å². The zero-order valence-corrected chi connectivity index (χ0v) is 8.53. The van der Waals surface area contributed by atoms with Gasteiger partial charge in [0, 0.05) is 9.93 Å². The second kappa shape index (κ2) is 5.37. The highest BCUT2D eigenvalue weighted by molar-refractivity contribution is 6.30. The van der Waals surface area contributed by atoms with Crippen molar-refractivity contribution in [1.29, 1.82) is 0 Å². The monoisotopic (exact) mass is 211 g/mol. The molecule has 0 spiro atoms. The van der Waals surface area contributed by atoms with Gasteiger partial charge in [0.05, 0.1) is 13.2 Å². The molecule has 0 N–H and O–H groups in total. The number of hydrogen-bond acceptors (Lipinski definition) is 2. The number of rotatable bonds is 4. The minimum absolute atomic E-state index is 0.332. The molecule has 1 aromatic rings.